The van der Waals surface area contributed by atoms with Crippen LogP contribution < -0.4 is 0 Å². The maximum absolute atomic E-state index is 11.2. The molecule has 3 nitrogen and oxygen atoms in total. The quantitative estimate of drug-likeness (QED) is 0.618. The molecular formula is C11H9ClO3. The molecule has 0 amide bonds. The Morgan fingerprint density at radius 2 is 2.00 bits per heavy atom. The van der Waals surface area contributed by atoms with Crippen molar-refractivity contribution in [3.63, 3.8) is 0 Å². The Hall–Kier alpha value is -1.35. The number of rotatable bonds is 2. The van der Waals surface area contributed by atoms with Gasteiger partial charge in [-0.15, -0.1) is 0 Å². The highest BCUT2D eigenvalue weighted by molar-refractivity contribution is 6.40. The van der Waals surface area contributed by atoms with Crippen LogP contribution in [0.3, 0.4) is 0 Å². The predicted molar refractivity (Wildman–Crippen MR) is 55.4 cm³/mol. The summed E-state index contributed by atoms with van der Waals surface area (Å²) in [7, 11) is 0. The van der Waals surface area contributed by atoms with Crippen molar-refractivity contribution in [3.8, 4) is 0 Å². The van der Waals surface area contributed by atoms with E-state index in [1.807, 2.05) is 0 Å². The molecule has 0 saturated carbocycles. The molecule has 0 aromatic heterocycles. The molecule has 0 spiro atoms. The number of hydrogen-bond acceptors (Lipinski definition) is 2. The monoisotopic (exact) mass is 224 g/mol. The second-order valence-electron chi connectivity index (χ2n) is 3.58. The normalized spacial score (nSPS) is 13.7. The molecule has 0 fully saturated rings. The summed E-state index contributed by atoms with van der Waals surface area (Å²) >= 11 is 5.98. The molecule has 0 heterocycles. The van der Waals surface area contributed by atoms with Crippen molar-refractivity contribution in [1.82, 2.24) is 0 Å². The van der Waals surface area contributed by atoms with E-state index >= 15 is 0 Å². The third kappa shape index (κ3) is 1.75. The lowest BCUT2D eigenvalue weighted by molar-refractivity contribution is -0.131. The number of fused-ring (bicyclic) bond motifs is 1. The van der Waals surface area contributed by atoms with Gasteiger partial charge in [0.1, 0.15) is 0 Å². The molecule has 0 unspecified atom stereocenters. The van der Waals surface area contributed by atoms with Gasteiger partial charge in [-0.1, -0.05) is 11.6 Å². The maximum Gasteiger partial charge on any atom is 0.377 e. The molecule has 0 saturated heterocycles. The largest absolute Gasteiger partial charge is 0.475 e. The predicted octanol–water partition coefficient (Wildman–Crippen LogP) is 2.10. The molecule has 0 aliphatic heterocycles. The highest BCUT2D eigenvalue weighted by Gasteiger charge is 2.20. The van der Waals surface area contributed by atoms with E-state index in [1.54, 1.807) is 6.07 Å². The summed E-state index contributed by atoms with van der Waals surface area (Å²) in [6.45, 7) is 0. The Balaban J connectivity index is 2.48. The van der Waals surface area contributed by atoms with Gasteiger partial charge in [0.2, 0.25) is 0 Å². The average Bonchev–Trinajstić information content (AvgIpc) is 2.64. The van der Waals surface area contributed by atoms with Crippen molar-refractivity contribution in [2.45, 2.75) is 19.3 Å². The molecule has 1 aromatic carbocycles. The number of Topliss-reactive ketones (excluding diaryl/α,β-unsaturated/α-hetero) is 1. The highest BCUT2D eigenvalue weighted by Crippen LogP contribution is 2.30. The second-order valence-corrected chi connectivity index (χ2v) is 3.99. The van der Waals surface area contributed by atoms with Gasteiger partial charge in [0.05, 0.1) is 0 Å². The van der Waals surface area contributed by atoms with E-state index in [1.165, 1.54) is 6.07 Å². The number of carbonyl (C=O) groups is 2. The first-order valence-electron chi connectivity index (χ1n) is 4.68. The van der Waals surface area contributed by atoms with Crippen LogP contribution in [-0.2, 0) is 17.6 Å². The number of benzene rings is 1. The van der Waals surface area contributed by atoms with Gasteiger partial charge < -0.3 is 5.11 Å². The first-order chi connectivity index (χ1) is 7.09. The minimum absolute atomic E-state index is 0.174. The number of carboxylic acids is 1. The van der Waals surface area contributed by atoms with Crippen LogP contribution in [0.15, 0.2) is 12.1 Å². The van der Waals surface area contributed by atoms with E-state index in [2.05, 4.69) is 0 Å². The summed E-state index contributed by atoms with van der Waals surface area (Å²) in [4.78, 5) is 21.8. The number of ketones is 1. The summed E-state index contributed by atoms with van der Waals surface area (Å²) in [6.07, 6.45) is 2.80. The lowest BCUT2D eigenvalue weighted by atomic mass is 10.0. The molecule has 2 rings (SSSR count). The minimum atomic E-state index is -1.44. The van der Waals surface area contributed by atoms with Crippen LogP contribution >= 0.6 is 11.6 Å². The molecular weight excluding hydrogens is 216 g/mol. The van der Waals surface area contributed by atoms with E-state index in [4.69, 9.17) is 16.7 Å². The van der Waals surface area contributed by atoms with E-state index in [0.717, 1.165) is 30.4 Å². The molecule has 1 aliphatic carbocycles. The number of carbonyl (C=O) groups excluding carboxylic acids is 1. The first kappa shape index (κ1) is 10.2. The summed E-state index contributed by atoms with van der Waals surface area (Å²) in [5, 5.41) is 9.09. The van der Waals surface area contributed by atoms with Gasteiger partial charge in [-0.05, 0) is 42.5 Å². The van der Waals surface area contributed by atoms with E-state index < -0.39 is 11.8 Å². The summed E-state index contributed by atoms with van der Waals surface area (Å²) in [6, 6.07) is 3.09. The van der Waals surface area contributed by atoms with Crippen LogP contribution in [0, 0.1) is 0 Å². The third-order valence-electron chi connectivity index (χ3n) is 2.62. The molecule has 4 heteroatoms. The van der Waals surface area contributed by atoms with Gasteiger partial charge >= 0.3 is 5.97 Å². The molecule has 1 aromatic rings. The van der Waals surface area contributed by atoms with Crippen molar-refractivity contribution in [2.24, 2.45) is 0 Å². The SMILES string of the molecule is O=C(O)C(=O)c1cc(Cl)c2c(c1)CCC2. The molecule has 0 bridgehead atoms. The Bertz CT molecular complexity index is 451. The zero-order chi connectivity index (χ0) is 11.0. The van der Waals surface area contributed by atoms with Crippen LogP contribution in [0.5, 0.6) is 0 Å². The van der Waals surface area contributed by atoms with Crippen LogP contribution in [0.25, 0.3) is 0 Å². The highest BCUT2D eigenvalue weighted by atomic mass is 35.5. The molecule has 1 N–H and O–H groups in total. The Morgan fingerprint density at radius 3 is 2.67 bits per heavy atom. The van der Waals surface area contributed by atoms with Gasteiger partial charge in [0.15, 0.2) is 0 Å². The van der Waals surface area contributed by atoms with Gasteiger partial charge in [-0.2, -0.15) is 0 Å². The molecule has 15 heavy (non-hydrogen) atoms. The standard InChI is InChI=1S/C11H9ClO3/c12-9-5-7(10(13)11(14)15)4-6-2-1-3-8(6)9/h4-5H,1-3H2,(H,14,15). The minimum Gasteiger partial charge on any atom is -0.475 e. The first-order valence-corrected chi connectivity index (χ1v) is 5.06. The van der Waals surface area contributed by atoms with Crippen molar-refractivity contribution in [1.29, 1.82) is 0 Å². The fraction of sp³-hybridized carbons (Fsp3) is 0.273. The molecule has 1 aliphatic rings. The van der Waals surface area contributed by atoms with Gasteiger partial charge in [-0.25, -0.2) is 4.79 Å². The van der Waals surface area contributed by atoms with Crippen molar-refractivity contribution in [2.75, 3.05) is 0 Å². The summed E-state index contributed by atoms with van der Waals surface area (Å²) in [5.41, 5.74) is 2.24. The van der Waals surface area contributed by atoms with E-state index in [0.29, 0.717) is 5.02 Å². The van der Waals surface area contributed by atoms with Gasteiger partial charge in [0.25, 0.3) is 5.78 Å². The summed E-state index contributed by atoms with van der Waals surface area (Å²) in [5.74, 6) is -2.34. The van der Waals surface area contributed by atoms with Crippen LogP contribution in [0.1, 0.15) is 27.9 Å². The Morgan fingerprint density at radius 1 is 1.27 bits per heavy atom. The number of carboxylic acid groups (broad SMARTS) is 1. The van der Waals surface area contributed by atoms with Crippen molar-refractivity contribution < 1.29 is 14.7 Å². The fourth-order valence-electron chi connectivity index (χ4n) is 1.91. The number of hydrogen-bond donors (Lipinski definition) is 1. The fourth-order valence-corrected chi connectivity index (χ4v) is 2.24. The number of halogens is 1. The lowest BCUT2D eigenvalue weighted by Crippen LogP contribution is -2.13. The smallest absolute Gasteiger partial charge is 0.377 e. The molecule has 78 valence electrons. The molecule has 0 radical (unpaired) electrons. The van der Waals surface area contributed by atoms with Crippen molar-refractivity contribution >= 4 is 23.4 Å². The van der Waals surface area contributed by atoms with Crippen LogP contribution in [0.4, 0.5) is 0 Å². The number of aryl methyl sites for hydroxylation is 1. The molecule has 0 atom stereocenters. The van der Waals surface area contributed by atoms with Gasteiger partial charge in [-0.3, -0.25) is 4.79 Å². The van der Waals surface area contributed by atoms with E-state index in [9.17, 15) is 9.59 Å². The third-order valence-corrected chi connectivity index (χ3v) is 2.95. The Labute approximate surface area is 91.7 Å². The number of aliphatic carboxylic acids is 1. The zero-order valence-corrected chi connectivity index (χ0v) is 8.67. The van der Waals surface area contributed by atoms with E-state index in [-0.39, 0.29) is 5.56 Å². The topological polar surface area (TPSA) is 54.4 Å². The zero-order valence-electron chi connectivity index (χ0n) is 7.92. The Kier molecular flexibility index (Phi) is 2.49. The second kappa shape index (κ2) is 3.66. The van der Waals surface area contributed by atoms with Crippen LogP contribution in [0.2, 0.25) is 5.02 Å². The lowest BCUT2D eigenvalue weighted by Gasteiger charge is -2.04. The van der Waals surface area contributed by atoms with Crippen LogP contribution in [-0.4, -0.2) is 16.9 Å². The summed E-state index contributed by atoms with van der Waals surface area (Å²) < 4.78 is 0. The average molecular weight is 225 g/mol. The van der Waals surface area contributed by atoms with Crippen molar-refractivity contribution in [3.05, 3.63) is 33.8 Å². The maximum atomic E-state index is 11.2. The van der Waals surface area contributed by atoms with Gasteiger partial charge in [0, 0.05) is 10.6 Å².